The molecule has 1 heterocycles. The Morgan fingerprint density at radius 1 is 1.60 bits per heavy atom. The summed E-state index contributed by atoms with van der Waals surface area (Å²) in [7, 11) is 0. The Kier molecular flexibility index (Phi) is 1.88. The predicted octanol–water partition coefficient (Wildman–Crippen LogP) is 1.86. The van der Waals surface area contributed by atoms with Crippen LogP contribution in [-0.2, 0) is 0 Å². The lowest BCUT2D eigenvalue weighted by molar-refractivity contribution is 0.617. The van der Waals surface area contributed by atoms with Gasteiger partial charge in [-0.3, -0.25) is 0 Å². The summed E-state index contributed by atoms with van der Waals surface area (Å²) in [6.07, 6.45) is 4.91. The van der Waals surface area contributed by atoms with E-state index in [-0.39, 0.29) is 10.8 Å². The molecule has 0 spiro atoms. The summed E-state index contributed by atoms with van der Waals surface area (Å²) < 4.78 is 12.5. The third-order valence-electron chi connectivity index (χ3n) is 0.949. The van der Waals surface area contributed by atoms with Gasteiger partial charge >= 0.3 is 0 Å². The van der Waals surface area contributed by atoms with Gasteiger partial charge in [0, 0.05) is 0 Å². The Bertz CT molecular complexity index is 290. The highest BCUT2D eigenvalue weighted by atomic mass is 35.5. The van der Waals surface area contributed by atoms with Crippen LogP contribution in [0.1, 0.15) is 5.69 Å². The Labute approximate surface area is 62.8 Å². The molecule has 0 fully saturated rings. The van der Waals surface area contributed by atoms with E-state index >= 15 is 0 Å². The van der Waals surface area contributed by atoms with Gasteiger partial charge in [0.2, 0.25) is 0 Å². The molecule has 0 aliphatic heterocycles. The van der Waals surface area contributed by atoms with Gasteiger partial charge in [-0.1, -0.05) is 11.6 Å². The van der Waals surface area contributed by atoms with Gasteiger partial charge in [-0.25, -0.2) is 9.37 Å². The third kappa shape index (κ3) is 1.26. The highest BCUT2D eigenvalue weighted by Crippen LogP contribution is 2.08. The smallest absolute Gasteiger partial charge is 0.157 e. The van der Waals surface area contributed by atoms with E-state index in [9.17, 15) is 4.39 Å². The minimum absolute atomic E-state index is 0.0486. The predicted molar refractivity (Wildman–Crippen MR) is 37.1 cm³/mol. The maximum absolute atomic E-state index is 12.5. The molecule has 10 heavy (non-hydrogen) atoms. The van der Waals surface area contributed by atoms with Crippen LogP contribution in [0.25, 0.3) is 0 Å². The van der Waals surface area contributed by atoms with Crippen LogP contribution in [-0.4, -0.2) is 4.98 Å². The van der Waals surface area contributed by atoms with E-state index in [0.29, 0.717) is 0 Å². The van der Waals surface area contributed by atoms with E-state index in [1.807, 2.05) is 0 Å². The first-order valence-electron chi connectivity index (χ1n) is 2.52. The van der Waals surface area contributed by atoms with Crippen LogP contribution in [0.4, 0.5) is 4.39 Å². The molecular formula is C7H3ClFN. The molecule has 0 N–H and O–H groups in total. The van der Waals surface area contributed by atoms with Crippen molar-refractivity contribution in [2.75, 3.05) is 0 Å². The highest BCUT2D eigenvalue weighted by molar-refractivity contribution is 6.29. The summed E-state index contributed by atoms with van der Waals surface area (Å²) in [5.74, 6) is 1.54. The summed E-state index contributed by atoms with van der Waals surface area (Å²) in [4.78, 5) is 3.55. The topological polar surface area (TPSA) is 12.9 Å². The van der Waals surface area contributed by atoms with Gasteiger partial charge in [0.25, 0.3) is 0 Å². The number of halogens is 2. The zero-order valence-corrected chi connectivity index (χ0v) is 5.69. The zero-order chi connectivity index (χ0) is 7.56. The van der Waals surface area contributed by atoms with E-state index < -0.39 is 5.82 Å². The fourth-order valence-corrected chi connectivity index (χ4v) is 0.667. The molecule has 1 nitrogen and oxygen atoms in total. The third-order valence-corrected chi connectivity index (χ3v) is 1.16. The second-order valence-electron chi connectivity index (χ2n) is 1.61. The standard InChI is InChI=1S/C7H3ClFN/c1-2-6-5(9)3-4-7(8)10-6/h1,3-4H. The Morgan fingerprint density at radius 2 is 2.30 bits per heavy atom. The van der Waals surface area contributed by atoms with Crippen molar-refractivity contribution < 1.29 is 4.39 Å². The molecule has 0 amide bonds. The second-order valence-corrected chi connectivity index (χ2v) is 2.00. The summed E-state index contributed by atoms with van der Waals surface area (Å²) in [5.41, 5.74) is -0.0486. The number of nitrogens with zero attached hydrogens (tertiary/aromatic N) is 1. The maximum Gasteiger partial charge on any atom is 0.157 e. The number of hydrogen-bond acceptors (Lipinski definition) is 1. The van der Waals surface area contributed by atoms with Crippen molar-refractivity contribution in [2.24, 2.45) is 0 Å². The lowest BCUT2D eigenvalue weighted by Gasteiger charge is -1.91. The average Bonchev–Trinajstić information content (AvgIpc) is 1.94. The SMILES string of the molecule is C#Cc1nc(Cl)ccc1F. The molecule has 0 saturated carbocycles. The van der Waals surface area contributed by atoms with Crippen molar-refractivity contribution in [3.8, 4) is 12.3 Å². The Balaban J connectivity index is 3.25. The Morgan fingerprint density at radius 3 is 2.80 bits per heavy atom. The molecule has 50 valence electrons. The number of pyridine rings is 1. The molecule has 0 unspecified atom stereocenters. The van der Waals surface area contributed by atoms with E-state index in [0.717, 1.165) is 0 Å². The van der Waals surface area contributed by atoms with Crippen LogP contribution < -0.4 is 0 Å². The minimum atomic E-state index is -0.521. The molecule has 0 saturated heterocycles. The number of rotatable bonds is 0. The van der Waals surface area contributed by atoms with Crippen LogP contribution >= 0.6 is 11.6 Å². The van der Waals surface area contributed by atoms with Gasteiger partial charge < -0.3 is 0 Å². The fourth-order valence-electron chi connectivity index (χ4n) is 0.520. The number of aromatic nitrogens is 1. The summed E-state index contributed by atoms with van der Waals surface area (Å²) >= 11 is 5.42. The van der Waals surface area contributed by atoms with Gasteiger partial charge in [0.05, 0.1) is 0 Å². The fraction of sp³-hybridized carbons (Fsp3) is 0. The van der Waals surface area contributed by atoms with Crippen molar-refractivity contribution in [2.45, 2.75) is 0 Å². The monoisotopic (exact) mass is 155 g/mol. The molecule has 1 rings (SSSR count). The molecule has 0 bridgehead atoms. The van der Waals surface area contributed by atoms with Crippen LogP contribution in [0.5, 0.6) is 0 Å². The summed E-state index contributed by atoms with van der Waals surface area (Å²) in [6, 6.07) is 2.53. The van der Waals surface area contributed by atoms with Crippen LogP contribution in [0, 0.1) is 18.2 Å². The molecule has 0 atom stereocenters. The quantitative estimate of drug-likeness (QED) is 0.412. The van der Waals surface area contributed by atoms with E-state index in [4.69, 9.17) is 18.0 Å². The molecule has 1 aromatic heterocycles. The van der Waals surface area contributed by atoms with E-state index in [1.165, 1.54) is 12.1 Å². The van der Waals surface area contributed by atoms with Crippen LogP contribution in [0.3, 0.4) is 0 Å². The largest absolute Gasteiger partial charge is 0.225 e. The number of terminal acetylenes is 1. The molecule has 3 heteroatoms. The molecular weight excluding hydrogens is 153 g/mol. The Hall–Kier alpha value is -1.07. The van der Waals surface area contributed by atoms with Crippen LogP contribution in [0.2, 0.25) is 5.15 Å². The van der Waals surface area contributed by atoms with Crippen molar-refractivity contribution in [1.29, 1.82) is 0 Å². The lowest BCUT2D eigenvalue weighted by Crippen LogP contribution is -1.87. The van der Waals surface area contributed by atoms with Crippen molar-refractivity contribution in [3.63, 3.8) is 0 Å². The summed E-state index contributed by atoms with van der Waals surface area (Å²) in [6.45, 7) is 0. The van der Waals surface area contributed by atoms with E-state index in [1.54, 1.807) is 0 Å². The van der Waals surface area contributed by atoms with Crippen LogP contribution in [0.15, 0.2) is 12.1 Å². The average molecular weight is 156 g/mol. The molecule has 0 aliphatic rings. The molecule has 0 radical (unpaired) electrons. The number of hydrogen-bond donors (Lipinski definition) is 0. The first-order chi connectivity index (χ1) is 4.74. The maximum atomic E-state index is 12.5. The van der Waals surface area contributed by atoms with Gasteiger partial charge in [0.15, 0.2) is 5.82 Å². The van der Waals surface area contributed by atoms with Gasteiger partial charge in [-0.15, -0.1) is 6.42 Å². The van der Waals surface area contributed by atoms with Gasteiger partial charge in [-0.05, 0) is 18.1 Å². The van der Waals surface area contributed by atoms with E-state index in [2.05, 4.69) is 10.9 Å². The first-order valence-corrected chi connectivity index (χ1v) is 2.90. The zero-order valence-electron chi connectivity index (χ0n) is 4.94. The normalized spacial score (nSPS) is 8.90. The van der Waals surface area contributed by atoms with Crippen molar-refractivity contribution in [1.82, 2.24) is 4.98 Å². The molecule has 0 aromatic carbocycles. The van der Waals surface area contributed by atoms with Crippen molar-refractivity contribution >= 4 is 11.6 Å². The first kappa shape index (κ1) is 7.04. The summed E-state index contributed by atoms with van der Waals surface area (Å²) in [5, 5.41) is 0.203. The molecule has 0 aliphatic carbocycles. The van der Waals surface area contributed by atoms with Gasteiger partial charge in [-0.2, -0.15) is 0 Å². The van der Waals surface area contributed by atoms with Gasteiger partial charge in [0.1, 0.15) is 10.8 Å². The second kappa shape index (κ2) is 2.68. The lowest BCUT2D eigenvalue weighted by atomic mass is 10.3. The minimum Gasteiger partial charge on any atom is -0.225 e. The van der Waals surface area contributed by atoms with Crippen molar-refractivity contribution in [3.05, 3.63) is 28.8 Å². The molecule has 1 aromatic rings. The highest BCUT2D eigenvalue weighted by Gasteiger charge is 1.99.